The summed E-state index contributed by atoms with van der Waals surface area (Å²) in [7, 11) is -2.22. The summed E-state index contributed by atoms with van der Waals surface area (Å²) in [6, 6.07) is 15.6. The number of amides is 2. The number of aromatic nitrogens is 1. The molecule has 0 fully saturated rings. The van der Waals surface area contributed by atoms with Crippen LogP contribution in [-0.4, -0.2) is 55.2 Å². The lowest BCUT2D eigenvalue weighted by atomic mass is 9.94. The number of primary amides is 1. The van der Waals surface area contributed by atoms with E-state index in [1.54, 1.807) is 45.0 Å². The van der Waals surface area contributed by atoms with E-state index in [4.69, 9.17) is 15.2 Å². The molecule has 1 aromatic heterocycles. The number of sulfone groups is 1. The smallest absolute Gasteiger partial charge is 0.418 e. The van der Waals surface area contributed by atoms with Gasteiger partial charge in [-0.3, -0.25) is 9.78 Å². The van der Waals surface area contributed by atoms with Crippen LogP contribution >= 0.6 is 0 Å². The molecular formula is C32H32F3N3O6S. The van der Waals surface area contributed by atoms with Crippen molar-refractivity contribution >= 4 is 32.7 Å². The van der Waals surface area contributed by atoms with Crippen LogP contribution in [0.2, 0.25) is 0 Å². The summed E-state index contributed by atoms with van der Waals surface area (Å²) in [5, 5.41) is 0.0729. The van der Waals surface area contributed by atoms with E-state index in [0.717, 1.165) is 12.3 Å². The summed E-state index contributed by atoms with van der Waals surface area (Å²) in [4.78, 5) is 29.6. The lowest BCUT2D eigenvalue weighted by Crippen LogP contribution is -2.35. The first-order valence-corrected chi connectivity index (χ1v) is 15.5. The maximum atomic E-state index is 13.7. The first-order valence-electron chi connectivity index (χ1n) is 13.8. The fourth-order valence-electron chi connectivity index (χ4n) is 4.57. The van der Waals surface area contributed by atoms with Crippen molar-refractivity contribution < 1.29 is 40.7 Å². The van der Waals surface area contributed by atoms with Crippen molar-refractivity contribution in [3.63, 3.8) is 0 Å². The number of ether oxygens (including phenoxy) is 2. The standard InChI is InChI=1S/C32H32F3N3O6S/c1-31(2,3)44-30(40)38(4)15-8-16-45(41,42)23-12-6-11-22(18-23)43-21-10-5-9-20(17-21)27-24-13-7-14-26(32(33,34)35)28(24)37-19-25(27)29(36)39/h5-7,9-14,17-19H,8,15-16H2,1-4H3,(H2,36,39). The lowest BCUT2D eigenvalue weighted by molar-refractivity contribution is -0.136. The summed E-state index contributed by atoms with van der Waals surface area (Å²) in [5.74, 6) is -0.691. The van der Waals surface area contributed by atoms with Crippen LogP contribution in [0.4, 0.5) is 18.0 Å². The molecule has 4 aromatic rings. The van der Waals surface area contributed by atoms with Crippen molar-refractivity contribution in [3.05, 3.63) is 84.1 Å². The first-order chi connectivity index (χ1) is 21.0. The number of halogens is 3. The van der Waals surface area contributed by atoms with E-state index >= 15 is 0 Å². The van der Waals surface area contributed by atoms with Gasteiger partial charge in [0, 0.05) is 30.7 Å². The van der Waals surface area contributed by atoms with E-state index < -0.39 is 39.2 Å². The SMILES string of the molecule is CN(CCCS(=O)(=O)c1cccc(Oc2cccc(-c3c(C(N)=O)cnc4c(C(F)(F)F)cccc34)c2)c1)C(=O)OC(C)(C)C. The highest BCUT2D eigenvalue weighted by Crippen LogP contribution is 2.39. The molecule has 0 unspecified atom stereocenters. The van der Waals surface area contributed by atoms with Crippen LogP contribution in [0.15, 0.2) is 77.8 Å². The molecule has 2 N–H and O–H groups in total. The number of para-hydroxylation sites is 1. The number of nitrogens with two attached hydrogens (primary N) is 1. The van der Waals surface area contributed by atoms with Crippen LogP contribution in [0, 0.1) is 0 Å². The Kier molecular flexibility index (Phi) is 9.43. The van der Waals surface area contributed by atoms with Gasteiger partial charge in [-0.2, -0.15) is 13.2 Å². The zero-order chi connectivity index (χ0) is 33.2. The molecule has 4 rings (SSSR count). The average molecular weight is 644 g/mol. The summed E-state index contributed by atoms with van der Waals surface area (Å²) < 4.78 is 78.5. The summed E-state index contributed by atoms with van der Waals surface area (Å²) in [6.45, 7) is 5.38. The van der Waals surface area contributed by atoms with Gasteiger partial charge in [-0.1, -0.05) is 30.3 Å². The second-order valence-corrected chi connectivity index (χ2v) is 13.4. The van der Waals surface area contributed by atoms with Crippen molar-refractivity contribution in [2.75, 3.05) is 19.3 Å². The van der Waals surface area contributed by atoms with Gasteiger partial charge < -0.3 is 20.1 Å². The van der Waals surface area contributed by atoms with Gasteiger partial charge in [-0.15, -0.1) is 0 Å². The Labute approximate surface area is 258 Å². The van der Waals surface area contributed by atoms with Crippen molar-refractivity contribution in [1.29, 1.82) is 0 Å². The average Bonchev–Trinajstić information content (AvgIpc) is 2.95. The number of carbonyl (C=O) groups is 2. The van der Waals surface area contributed by atoms with E-state index in [-0.39, 0.29) is 57.1 Å². The minimum absolute atomic E-state index is 0.00639. The molecule has 13 heteroatoms. The Morgan fingerprint density at radius 2 is 1.60 bits per heavy atom. The highest BCUT2D eigenvalue weighted by Gasteiger charge is 2.34. The van der Waals surface area contributed by atoms with Crippen molar-refractivity contribution in [1.82, 2.24) is 9.88 Å². The molecule has 238 valence electrons. The number of carbonyl (C=O) groups excluding carboxylic acids is 2. The number of hydrogen-bond acceptors (Lipinski definition) is 7. The van der Waals surface area contributed by atoms with Gasteiger partial charge in [-0.25, -0.2) is 13.2 Å². The second kappa shape index (κ2) is 12.8. The molecule has 0 atom stereocenters. The Bertz CT molecular complexity index is 1850. The Hall–Kier alpha value is -4.65. The molecule has 3 aromatic carbocycles. The first kappa shape index (κ1) is 33.2. The summed E-state index contributed by atoms with van der Waals surface area (Å²) >= 11 is 0. The van der Waals surface area contributed by atoms with E-state index in [9.17, 15) is 31.2 Å². The minimum atomic E-state index is -4.68. The molecule has 1 heterocycles. The molecule has 0 saturated carbocycles. The van der Waals surface area contributed by atoms with Crippen LogP contribution in [0.1, 0.15) is 43.1 Å². The van der Waals surface area contributed by atoms with Gasteiger partial charge >= 0.3 is 12.3 Å². The van der Waals surface area contributed by atoms with Gasteiger partial charge in [0.15, 0.2) is 9.84 Å². The number of alkyl halides is 3. The second-order valence-electron chi connectivity index (χ2n) is 11.3. The predicted octanol–water partition coefficient (Wildman–Crippen LogP) is 6.84. The Balaban J connectivity index is 1.58. The topological polar surface area (TPSA) is 129 Å². The van der Waals surface area contributed by atoms with E-state index in [2.05, 4.69) is 4.98 Å². The van der Waals surface area contributed by atoms with Gasteiger partial charge in [0.1, 0.15) is 17.1 Å². The molecule has 0 radical (unpaired) electrons. The van der Waals surface area contributed by atoms with Crippen molar-refractivity contribution in [2.45, 2.75) is 43.9 Å². The third kappa shape index (κ3) is 8.09. The zero-order valence-corrected chi connectivity index (χ0v) is 25.8. The third-order valence-corrected chi connectivity index (χ3v) is 8.40. The number of nitrogens with zero attached hydrogens (tertiary/aromatic N) is 2. The highest BCUT2D eigenvalue weighted by atomic mass is 32.2. The number of hydrogen-bond donors (Lipinski definition) is 1. The fourth-order valence-corrected chi connectivity index (χ4v) is 5.90. The summed E-state index contributed by atoms with van der Waals surface area (Å²) in [6.07, 6.45) is -4.05. The number of pyridine rings is 1. The maximum Gasteiger partial charge on any atom is 0.418 e. The number of benzene rings is 3. The highest BCUT2D eigenvalue weighted by molar-refractivity contribution is 7.91. The maximum absolute atomic E-state index is 13.7. The minimum Gasteiger partial charge on any atom is -0.457 e. The normalized spacial score (nSPS) is 12.2. The Morgan fingerprint density at radius 1 is 0.956 bits per heavy atom. The van der Waals surface area contributed by atoms with Gasteiger partial charge in [0.05, 0.1) is 27.3 Å². The third-order valence-electron chi connectivity index (χ3n) is 6.60. The molecule has 0 spiro atoms. The fraction of sp³-hybridized carbons (Fsp3) is 0.281. The molecule has 2 amide bonds. The molecule has 45 heavy (non-hydrogen) atoms. The predicted molar refractivity (Wildman–Crippen MR) is 163 cm³/mol. The van der Waals surface area contributed by atoms with Crippen LogP contribution in [0.3, 0.4) is 0 Å². The molecular weight excluding hydrogens is 611 g/mol. The summed E-state index contributed by atoms with van der Waals surface area (Å²) in [5.41, 5.74) is 3.99. The van der Waals surface area contributed by atoms with E-state index in [1.807, 2.05) is 0 Å². The van der Waals surface area contributed by atoms with Gasteiger partial charge in [0.25, 0.3) is 5.91 Å². The van der Waals surface area contributed by atoms with E-state index in [1.165, 1.54) is 48.3 Å². The van der Waals surface area contributed by atoms with Crippen LogP contribution in [0.25, 0.3) is 22.0 Å². The lowest BCUT2D eigenvalue weighted by Gasteiger charge is -2.24. The van der Waals surface area contributed by atoms with Crippen LogP contribution in [0.5, 0.6) is 11.5 Å². The van der Waals surface area contributed by atoms with Gasteiger partial charge in [0.2, 0.25) is 0 Å². The molecule has 9 nitrogen and oxygen atoms in total. The monoisotopic (exact) mass is 643 g/mol. The number of fused-ring (bicyclic) bond motifs is 1. The van der Waals surface area contributed by atoms with Crippen molar-refractivity contribution in [2.24, 2.45) is 5.73 Å². The molecule has 0 aliphatic heterocycles. The van der Waals surface area contributed by atoms with E-state index in [0.29, 0.717) is 5.56 Å². The quantitative estimate of drug-likeness (QED) is 0.211. The largest absolute Gasteiger partial charge is 0.457 e. The molecule has 0 saturated heterocycles. The van der Waals surface area contributed by atoms with Crippen molar-refractivity contribution in [3.8, 4) is 22.6 Å². The zero-order valence-electron chi connectivity index (χ0n) is 25.0. The van der Waals surface area contributed by atoms with Crippen LogP contribution in [-0.2, 0) is 20.8 Å². The molecule has 0 aliphatic rings. The van der Waals surface area contributed by atoms with Crippen LogP contribution < -0.4 is 10.5 Å². The molecule has 0 aliphatic carbocycles. The Morgan fingerprint density at radius 3 is 2.24 bits per heavy atom. The van der Waals surface area contributed by atoms with Gasteiger partial charge in [-0.05, 0) is 69.2 Å². The molecule has 0 bridgehead atoms. The number of rotatable bonds is 9.